The predicted molar refractivity (Wildman–Crippen MR) is 66.2 cm³/mol. The van der Waals surface area contributed by atoms with E-state index in [1.54, 1.807) is 0 Å². The highest BCUT2D eigenvalue weighted by molar-refractivity contribution is 5.39. The van der Waals surface area contributed by atoms with Gasteiger partial charge in [-0.15, -0.1) is 0 Å². The first-order valence-electron chi connectivity index (χ1n) is 5.64. The van der Waals surface area contributed by atoms with E-state index in [-0.39, 0.29) is 0 Å². The monoisotopic (exact) mass is 215 g/mol. The molecular weight excluding hydrogens is 198 g/mol. The van der Waals surface area contributed by atoms with Crippen LogP contribution in [0.15, 0.2) is 36.7 Å². The number of hydrogen-bond donors (Lipinski definition) is 1. The van der Waals surface area contributed by atoms with Crippen LogP contribution < -0.4 is 5.73 Å². The second-order valence-electron chi connectivity index (χ2n) is 3.93. The highest BCUT2D eigenvalue weighted by atomic mass is 15.1. The zero-order valence-corrected chi connectivity index (χ0v) is 9.56. The number of aryl methyl sites for hydroxylation is 1. The summed E-state index contributed by atoms with van der Waals surface area (Å²) in [5.41, 5.74) is 8.26. The molecule has 0 unspecified atom stereocenters. The minimum atomic E-state index is 0.797. The summed E-state index contributed by atoms with van der Waals surface area (Å²) in [5, 5.41) is 0. The van der Waals surface area contributed by atoms with E-state index in [9.17, 15) is 0 Å². The molecule has 2 rings (SSSR count). The molecule has 84 valence electrons. The van der Waals surface area contributed by atoms with Crippen LogP contribution >= 0.6 is 0 Å². The lowest BCUT2D eigenvalue weighted by atomic mass is 10.1. The van der Waals surface area contributed by atoms with Crippen LogP contribution in [-0.4, -0.2) is 9.55 Å². The van der Waals surface area contributed by atoms with Crippen molar-refractivity contribution >= 4 is 5.82 Å². The third kappa shape index (κ3) is 2.24. The van der Waals surface area contributed by atoms with Crippen molar-refractivity contribution in [2.75, 3.05) is 5.73 Å². The Hall–Kier alpha value is -1.77. The first kappa shape index (κ1) is 10.7. The molecule has 3 nitrogen and oxygen atoms in total. The summed E-state index contributed by atoms with van der Waals surface area (Å²) in [6.07, 6.45) is 3.71. The van der Waals surface area contributed by atoms with Gasteiger partial charge >= 0.3 is 0 Å². The molecule has 0 aliphatic rings. The van der Waals surface area contributed by atoms with Crippen LogP contribution in [0.5, 0.6) is 0 Å². The Kier molecular flexibility index (Phi) is 3.25. The third-order valence-corrected chi connectivity index (χ3v) is 2.64. The number of hydrogen-bond acceptors (Lipinski definition) is 2. The van der Waals surface area contributed by atoms with E-state index in [4.69, 9.17) is 5.73 Å². The lowest BCUT2D eigenvalue weighted by Gasteiger charge is -2.03. The van der Waals surface area contributed by atoms with E-state index in [1.807, 2.05) is 29.1 Å². The van der Waals surface area contributed by atoms with Crippen LogP contribution in [0.1, 0.15) is 24.6 Å². The fourth-order valence-corrected chi connectivity index (χ4v) is 1.78. The molecule has 1 heterocycles. The summed E-state index contributed by atoms with van der Waals surface area (Å²) < 4.78 is 2.01. The average Bonchev–Trinajstić information content (AvgIpc) is 2.64. The molecule has 0 amide bonds. The van der Waals surface area contributed by atoms with Crippen molar-refractivity contribution in [3.63, 3.8) is 0 Å². The maximum atomic E-state index is 6.04. The van der Waals surface area contributed by atoms with E-state index < -0.39 is 0 Å². The van der Waals surface area contributed by atoms with Crippen LogP contribution in [0.2, 0.25) is 0 Å². The normalized spacial score (nSPS) is 10.6. The number of rotatable bonds is 4. The lowest BCUT2D eigenvalue weighted by molar-refractivity contribution is 0.686. The smallest absolute Gasteiger partial charge is 0.126 e. The van der Waals surface area contributed by atoms with Crippen molar-refractivity contribution < 1.29 is 0 Å². The van der Waals surface area contributed by atoms with Crippen molar-refractivity contribution in [3.05, 3.63) is 47.9 Å². The molecule has 0 aliphatic heterocycles. The fourth-order valence-electron chi connectivity index (χ4n) is 1.78. The van der Waals surface area contributed by atoms with Crippen molar-refractivity contribution in [3.8, 4) is 0 Å². The minimum absolute atomic E-state index is 0.797. The second-order valence-corrected chi connectivity index (χ2v) is 3.93. The minimum Gasteiger partial charge on any atom is -0.384 e. The average molecular weight is 215 g/mol. The summed E-state index contributed by atoms with van der Waals surface area (Å²) in [7, 11) is 0. The molecule has 0 bridgehead atoms. The van der Waals surface area contributed by atoms with Gasteiger partial charge in [0.05, 0.1) is 12.0 Å². The Morgan fingerprint density at radius 3 is 2.69 bits per heavy atom. The molecule has 0 radical (unpaired) electrons. The number of imidazole rings is 1. The Labute approximate surface area is 95.9 Å². The van der Waals surface area contributed by atoms with Gasteiger partial charge in [-0.3, -0.25) is 0 Å². The molecule has 0 saturated carbocycles. The Morgan fingerprint density at radius 2 is 2.00 bits per heavy atom. The first-order valence-corrected chi connectivity index (χ1v) is 5.64. The van der Waals surface area contributed by atoms with Gasteiger partial charge in [0.1, 0.15) is 5.82 Å². The number of nitrogen functional groups attached to an aromatic ring is 1. The second kappa shape index (κ2) is 4.84. The molecule has 0 aliphatic carbocycles. The van der Waals surface area contributed by atoms with Gasteiger partial charge in [-0.1, -0.05) is 37.3 Å². The van der Waals surface area contributed by atoms with Crippen LogP contribution in [0.3, 0.4) is 0 Å². The zero-order valence-electron chi connectivity index (χ0n) is 9.56. The molecular formula is C13H17N3. The van der Waals surface area contributed by atoms with Crippen molar-refractivity contribution in [2.24, 2.45) is 0 Å². The van der Waals surface area contributed by atoms with Gasteiger partial charge in [0.25, 0.3) is 0 Å². The fraction of sp³-hybridized carbons (Fsp3) is 0.308. The van der Waals surface area contributed by atoms with Crippen molar-refractivity contribution in [1.29, 1.82) is 0 Å². The molecule has 1 aromatic heterocycles. The molecule has 2 N–H and O–H groups in total. The first-order chi connectivity index (χ1) is 7.81. The van der Waals surface area contributed by atoms with Gasteiger partial charge in [-0.2, -0.15) is 0 Å². The maximum absolute atomic E-state index is 6.04. The molecule has 0 fully saturated rings. The van der Waals surface area contributed by atoms with Crippen molar-refractivity contribution in [1.82, 2.24) is 9.55 Å². The Morgan fingerprint density at radius 1 is 1.25 bits per heavy atom. The van der Waals surface area contributed by atoms with E-state index in [0.29, 0.717) is 0 Å². The number of anilines is 1. The molecule has 2 aromatic rings. The standard InChI is InChI=1S/C13H17N3/c1-2-8-16-10-15-12(13(16)14)9-11-6-4-3-5-7-11/h3-7,10H,2,8-9,14H2,1H3. The summed E-state index contributed by atoms with van der Waals surface area (Å²) in [6, 6.07) is 10.3. The van der Waals surface area contributed by atoms with Gasteiger partial charge in [0.15, 0.2) is 0 Å². The summed E-state index contributed by atoms with van der Waals surface area (Å²) in [6.45, 7) is 3.07. The molecule has 0 spiro atoms. The molecule has 0 atom stereocenters. The topological polar surface area (TPSA) is 43.8 Å². The maximum Gasteiger partial charge on any atom is 0.126 e. The third-order valence-electron chi connectivity index (χ3n) is 2.64. The summed E-state index contributed by atoms with van der Waals surface area (Å²) >= 11 is 0. The Bertz CT molecular complexity index is 445. The highest BCUT2D eigenvalue weighted by Gasteiger charge is 2.07. The van der Waals surface area contributed by atoms with Gasteiger partial charge < -0.3 is 10.3 Å². The van der Waals surface area contributed by atoms with E-state index in [1.165, 1.54) is 5.56 Å². The highest BCUT2D eigenvalue weighted by Crippen LogP contribution is 2.15. The lowest BCUT2D eigenvalue weighted by Crippen LogP contribution is -2.03. The number of nitrogens with zero attached hydrogens (tertiary/aromatic N) is 2. The molecule has 1 aromatic carbocycles. The molecule has 0 saturated heterocycles. The largest absolute Gasteiger partial charge is 0.384 e. The Balaban J connectivity index is 2.16. The van der Waals surface area contributed by atoms with Crippen LogP contribution in [0, 0.1) is 0 Å². The zero-order chi connectivity index (χ0) is 11.4. The van der Waals surface area contributed by atoms with Crippen LogP contribution in [-0.2, 0) is 13.0 Å². The number of benzene rings is 1. The molecule has 16 heavy (non-hydrogen) atoms. The number of aromatic nitrogens is 2. The number of nitrogens with two attached hydrogens (primary N) is 1. The summed E-state index contributed by atoms with van der Waals surface area (Å²) in [4.78, 5) is 4.37. The quantitative estimate of drug-likeness (QED) is 0.851. The molecule has 3 heteroatoms. The van der Waals surface area contributed by atoms with Crippen molar-refractivity contribution in [2.45, 2.75) is 26.3 Å². The van der Waals surface area contributed by atoms with Gasteiger partial charge in [-0.25, -0.2) is 4.98 Å². The van der Waals surface area contributed by atoms with Gasteiger partial charge in [0, 0.05) is 13.0 Å². The van der Waals surface area contributed by atoms with Crippen LogP contribution in [0.25, 0.3) is 0 Å². The van der Waals surface area contributed by atoms with E-state index in [2.05, 4.69) is 24.0 Å². The summed E-state index contributed by atoms with van der Waals surface area (Å²) in [5.74, 6) is 0.797. The van der Waals surface area contributed by atoms with Crippen LogP contribution in [0.4, 0.5) is 5.82 Å². The van der Waals surface area contributed by atoms with Gasteiger partial charge in [0.2, 0.25) is 0 Å². The van der Waals surface area contributed by atoms with E-state index in [0.717, 1.165) is 30.9 Å². The SMILES string of the molecule is CCCn1cnc(Cc2ccccc2)c1N. The predicted octanol–water partition coefficient (Wildman–Crippen LogP) is 2.47. The van der Waals surface area contributed by atoms with Gasteiger partial charge in [-0.05, 0) is 12.0 Å². The van der Waals surface area contributed by atoms with E-state index >= 15 is 0 Å².